The normalized spacial score (nSPS) is 17.3. The van der Waals surface area contributed by atoms with Crippen molar-refractivity contribution in [3.8, 4) is 0 Å². The van der Waals surface area contributed by atoms with E-state index in [-0.39, 0.29) is 11.8 Å². The van der Waals surface area contributed by atoms with Crippen molar-refractivity contribution in [2.45, 2.75) is 31.6 Å². The van der Waals surface area contributed by atoms with Gasteiger partial charge in [0.1, 0.15) is 0 Å². The third-order valence-corrected chi connectivity index (χ3v) is 4.57. The molecule has 1 fully saturated rings. The summed E-state index contributed by atoms with van der Waals surface area (Å²) in [6.07, 6.45) is 0.144. The number of halogens is 1. The van der Waals surface area contributed by atoms with Gasteiger partial charge in [-0.05, 0) is 24.2 Å². The molecule has 0 amide bonds. The van der Waals surface area contributed by atoms with Crippen LogP contribution in [0.3, 0.4) is 0 Å². The van der Waals surface area contributed by atoms with E-state index in [0.29, 0.717) is 5.92 Å². The Morgan fingerprint density at radius 2 is 2.11 bits per heavy atom. The third-order valence-electron chi connectivity index (χ3n) is 3.88. The minimum absolute atomic E-state index is 0.144. The monoisotopic (exact) mass is 325 g/mol. The summed E-state index contributed by atoms with van der Waals surface area (Å²) in [5.74, 6) is -0.165. The maximum Gasteiger partial charge on any atom is 0.304 e. The lowest BCUT2D eigenvalue weighted by Crippen LogP contribution is -2.41. The fourth-order valence-electron chi connectivity index (χ4n) is 2.65. The number of hydrogen-bond donors (Lipinski definition) is 1. The molecule has 1 heterocycles. The molecular weight excluding hydrogens is 306 g/mol. The van der Waals surface area contributed by atoms with Crippen LogP contribution in [0.2, 0.25) is 0 Å². The lowest BCUT2D eigenvalue weighted by atomic mass is 9.80. The van der Waals surface area contributed by atoms with Crippen molar-refractivity contribution >= 4 is 21.9 Å². The van der Waals surface area contributed by atoms with Gasteiger partial charge >= 0.3 is 5.97 Å². The number of nitrogens with zero attached hydrogens (tertiary/aromatic N) is 1. The molecule has 1 aliphatic heterocycles. The van der Waals surface area contributed by atoms with E-state index in [1.807, 2.05) is 13.8 Å². The summed E-state index contributed by atoms with van der Waals surface area (Å²) in [6.45, 7) is 6.13. The van der Waals surface area contributed by atoms with E-state index in [1.165, 1.54) is 5.56 Å². The van der Waals surface area contributed by atoms with E-state index in [4.69, 9.17) is 5.11 Å². The highest BCUT2D eigenvalue weighted by molar-refractivity contribution is 9.10. The van der Waals surface area contributed by atoms with Gasteiger partial charge in [-0.3, -0.25) is 4.79 Å². The number of benzene rings is 1. The largest absolute Gasteiger partial charge is 0.481 e. The van der Waals surface area contributed by atoms with Crippen LogP contribution in [-0.4, -0.2) is 36.1 Å². The fraction of sp³-hybridized carbons (Fsp3) is 0.533. The van der Waals surface area contributed by atoms with Crippen molar-refractivity contribution in [2.24, 2.45) is 0 Å². The molecule has 0 saturated carbocycles. The lowest BCUT2D eigenvalue weighted by Gasteiger charge is -2.37. The van der Waals surface area contributed by atoms with Gasteiger partial charge in [0, 0.05) is 28.9 Å². The molecule has 19 heavy (non-hydrogen) atoms. The van der Waals surface area contributed by atoms with Crippen LogP contribution >= 0.6 is 15.9 Å². The molecule has 0 aromatic heterocycles. The van der Waals surface area contributed by atoms with E-state index < -0.39 is 5.97 Å². The summed E-state index contributed by atoms with van der Waals surface area (Å²) in [4.78, 5) is 13.2. The minimum atomic E-state index is -0.759. The van der Waals surface area contributed by atoms with Gasteiger partial charge in [-0.15, -0.1) is 0 Å². The van der Waals surface area contributed by atoms with E-state index >= 15 is 0 Å². The van der Waals surface area contributed by atoms with E-state index in [1.54, 1.807) is 0 Å². The zero-order valence-corrected chi connectivity index (χ0v) is 13.2. The topological polar surface area (TPSA) is 40.5 Å². The first kappa shape index (κ1) is 14.5. The first-order chi connectivity index (χ1) is 8.79. The molecule has 0 unspecified atom stereocenters. The number of likely N-dealkylation sites (N-methyl/N-ethyl adjacent to an activating group) is 1. The molecule has 104 valence electrons. The summed E-state index contributed by atoms with van der Waals surface area (Å²) >= 11 is 3.64. The lowest BCUT2D eigenvalue weighted by molar-refractivity contribution is -0.138. The second kappa shape index (κ2) is 5.25. The average Bonchev–Trinajstić information content (AvgIpc) is 2.23. The van der Waals surface area contributed by atoms with Crippen molar-refractivity contribution in [1.29, 1.82) is 0 Å². The van der Waals surface area contributed by atoms with Crippen LogP contribution in [-0.2, 0) is 10.2 Å². The molecule has 3 nitrogen and oxygen atoms in total. The van der Waals surface area contributed by atoms with Gasteiger partial charge in [-0.1, -0.05) is 41.9 Å². The van der Waals surface area contributed by atoms with Crippen molar-refractivity contribution < 1.29 is 9.90 Å². The van der Waals surface area contributed by atoms with Crippen LogP contribution in [0.1, 0.15) is 37.3 Å². The Labute approximate surface area is 122 Å². The van der Waals surface area contributed by atoms with Gasteiger partial charge in [-0.2, -0.15) is 0 Å². The third kappa shape index (κ3) is 3.18. The number of carboxylic acid groups (broad SMARTS) is 1. The smallest absolute Gasteiger partial charge is 0.304 e. The first-order valence-electron chi connectivity index (χ1n) is 6.50. The van der Waals surface area contributed by atoms with Crippen molar-refractivity contribution in [2.75, 3.05) is 20.1 Å². The Bertz CT molecular complexity index is 493. The van der Waals surface area contributed by atoms with Gasteiger partial charge < -0.3 is 10.0 Å². The highest BCUT2D eigenvalue weighted by Crippen LogP contribution is 2.35. The van der Waals surface area contributed by atoms with Crippen LogP contribution in [0, 0.1) is 0 Å². The fourth-order valence-corrected chi connectivity index (χ4v) is 3.36. The Hall–Kier alpha value is -0.870. The second-order valence-electron chi connectivity index (χ2n) is 6.11. The number of aliphatic carboxylic acids is 1. The number of hydrogen-bond acceptors (Lipinski definition) is 2. The molecule has 1 aromatic rings. The maximum atomic E-state index is 10.9. The summed E-state index contributed by atoms with van der Waals surface area (Å²) in [6, 6.07) is 6.29. The molecule has 0 radical (unpaired) electrons. The molecule has 0 aliphatic carbocycles. The van der Waals surface area contributed by atoms with Gasteiger partial charge in [0.15, 0.2) is 0 Å². The molecule has 4 heteroatoms. The Kier molecular flexibility index (Phi) is 4.02. The number of carbonyl (C=O) groups is 1. The van der Waals surface area contributed by atoms with Crippen molar-refractivity contribution in [3.63, 3.8) is 0 Å². The van der Waals surface area contributed by atoms with Crippen molar-refractivity contribution in [1.82, 2.24) is 4.90 Å². The van der Waals surface area contributed by atoms with E-state index in [2.05, 4.69) is 46.1 Å². The van der Waals surface area contributed by atoms with Crippen LogP contribution in [0.4, 0.5) is 0 Å². The SMILES string of the molecule is CN1CC(c2ccc(C(C)(C)CC(=O)O)cc2Br)C1. The van der Waals surface area contributed by atoms with Crippen LogP contribution in [0.5, 0.6) is 0 Å². The minimum Gasteiger partial charge on any atom is -0.481 e. The molecule has 0 bridgehead atoms. The van der Waals surface area contributed by atoms with Crippen LogP contribution < -0.4 is 0 Å². The van der Waals surface area contributed by atoms with Gasteiger partial charge in [0.2, 0.25) is 0 Å². The van der Waals surface area contributed by atoms with Crippen LogP contribution in [0.25, 0.3) is 0 Å². The summed E-state index contributed by atoms with van der Waals surface area (Å²) in [7, 11) is 2.12. The van der Waals surface area contributed by atoms with Crippen molar-refractivity contribution in [3.05, 3.63) is 33.8 Å². The van der Waals surface area contributed by atoms with Gasteiger partial charge in [0.05, 0.1) is 6.42 Å². The summed E-state index contributed by atoms with van der Waals surface area (Å²) in [5.41, 5.74) is 2.05. The van der Waals surface area contributed by atoms with Gasteiger partial charge in [-0.25, -0.2) is 0 Å². The molecule has 0 spiro atoms. The number of rotatable bonds is 4. The molecular formula is C15H20BrNO2. The van der Waals surface area contributed by atoms with E-state index in [9.17, 15) is 4.79 Å². The first-order valence-corrected chi connectivity index (χ1v) is 7.29. The molecule has 1 N–H and O–H groups in total. The zero-order chi connectivity index (χ0) is 14.2. The Morgan fingerprint density at radius 3 is 2.58 bits per heavy atom. The predicted molar refractivity (Wildman–Crippen MR) is 79.7 cm³/mol. The maximum absolute atomic E-state index is 10.9. The molecule has 1 aromatic carbocycles. The molecule has 1 aliphatic rings. The Morgan fingerprint density at radius 1 is 1.47 bits per heavy atom. The second-order valence-corrected chi connectivity index (χ2v) is 6.96. The van der Waals surface area contributed by atoms with Gasteiger partial charge in [0.25, 0.3) is 0 Å². The van der Waals surface area contributed by atoms with E-state index in [0.717, 1.165) is 23.1 Å². The predicted octanol–water partition coefficient (Wildman–Crippen LogP) is 3.23. The standard InChI is InChI=1S/C15H20BrNO2/c1-15(2,7-14(18)19)11-4-5-12(13(16)6-11)10-8-17(3)9-10/h4-6,10H,7-9H2,1-3H3,(H,18,19). The summed E-state index contributed by atoms with van der Waals surface area (Å²) in [5, 5.41) is 8.98. The summed E-state index contributed by atoms with van der Waals surface area (Å²) < 4.78 is 1.10. The average molecular weight is 326 g/mol. The molecule has 0 atom stereocenters. The Balaban J connectivity index is 2.21. The zero-order valence-electron chi connectivity index (χ0n) is 11.6. The van der Waals surface area contributed by atoms with Crippen LogP contribution in [0.15, 0.2) is 22.7 Å². The number of likely N-dealkylation sites (tertiary alicyclic amines) is 1. The molecule has 2 rings (SSSR count). The highest BCUT2D eigenvalue weighted by Gasteiger charge is 2.29. The quantitative estimate of drug-likeness (QED) is 0.923. The highest BCUT2D eigenvalue weighted by atomic mass is 79.9. The number of carboxylic acids is 1. The molecule has 1 saturated heterocycles.